The van der Waals surface area contributed by atoms with Crippen molar-refractivity contribution in [3.8, 4) is 11.3 Å². The number of aromatic nitrogens is 4. The molecule has 0 aliphatic carbocycles. The van der Waals surface area contributed by atoms with Crippen molar-refractivity contribution in [1.82, 2.24) is 24.1 Å². The normalized spacial score (nSPS) is 16.0. The fraction of sp³-hybridized carbons (Fsp3) is 0.273. The second kappa shape index (κ2) is 7.75. The van der Waals surface area contributed by atoms with Gasteiger partial charge in [-0.2, -0.15) is 5.10 Å². The fourth-order valence-electron chi connectivity index (χ4n) is 3.99. The van der Waals surface area contributed by atoms with E-state index in [1.54, 1.807) is 28.7 Å². The lowest BCUT2D eigenvalue weighted by Gasteiger charge is -2.38. The van der Waals surface area contributed by atoms with Gasteiger partial charge in [-0.05, 0) is 37.1 Å². The number of likely N-dealkylation sites (tertiary alicyclic amines) is 1. The van der Waals surface area contributed by atoms with Gasteiger partial charge < -0.3 is 10.0 Å². The highest BCUT2D eigenvalue weighted by molar-refractivity contribution is 7.07. The molecule has 8 nitrogen and oxygen atoms in total. The number of hydrogen-bond acceptors (Lipinski definition) is 6. The molecule has 158 valence electrons. The van der Waals surface area contributed by atoms with E-state index >= 15 is 0 Å². The van der Waals surface area contributed by atoms with Gasteiger partial charge in [-0.3, -0.25) is 14.2 Å². The van der Waals surface area contributed by atoms with Crippen LogP contribution in [0.2, 0.25) is 0 Å². The van der Waals surface area contributed by atoms with Crippen molar-refractivity contribution in [2.45, 2.75) is 25.0 Å². The number of nitrogens with zero attached hydrogens (tertiary/aromatic N) is 5. The number of benzene rings is 1. The van der Waals surface area contributed by atoms with Crippen LogP contribution >= 0.6 is 11.3 Å². The second-order valence-electron chi connectivity index (χ2n) is 7.87. The smallest absolute Gasteiger partial charge is 0.277 e. The number of carbonyl (C=O) groups excluding carboxylic acids is 1. The maximum atomic E-state index is 12.9. The van der Waals surface area contributed by atoms with Crippen molar-refractivity contribution >= 4 is 22.8 Å². The van der Waals surface area contributed by atoms with Crippen molar-refractivity contribution in [3.63, 3.8) is 0 Å². The van der Waals surface area contributed by atoms with Crippen molar-refractivity contribution in [2.24, 2.45) is 0 Å². The molecule has 31 heavy (non-hydrogen) atoms. The molecule has 0 saturated carbocycles. The molecule has 0 radical (unpaired) electrons. The van der Waals surface area contributed by atoms with Gasteiger partial charge in [0.05, 0.1) is 23.4 Å². The molecule has 1 saturated heterocycles. The largest absolute Gasteiger partial charge is 0.388 e. The molecule has 4 aromatic rings. The van der Waals surface area contributed by atoms with Crippen LogP contribution in [0.25, 0.3) is 16.8 Å². The monoisotopic (exact) mass is 435 g/mol. The van der Waals surface area contributed by atoms with E-state index in [-0.39, 0.29) is 18.0 Å². The molecule has 1 aliphatic rings. The third kappa shape index (κ3) is 3.77. The van der Waals surface area contributed by atoms with Gasteiger partial charge in [-0.1, -0.05) is 12.1 Å². The summed E-state index contributed by atoms with van der Waals surface area (Å²) in [5.41, 5.74) is 3.50. The molecule has 1 fully saturated rings. The summed E-state index contributed by atoms with van der Waals surface area (Å²) in [7, 11) is 0. The predicted molar refractivity (Wildman–Crippen MR) is 117 cm³/mol. The number of piperidine rings is 1. The summed E-state index contributed by atoms with van der Waals surface area (Å²) in [5, 5.41) is 17.2. The van der Waals surface area contributed by atoms with Crippen molar-refractivity contribution < 1.29 is 9.90 Å². The first-order valence-electron chi connectivity index (χ1n) is 10.1. The highest BCUT2D eigenvalue weighted by Crippen LogP contribution is 2.26. The number of fused-ring (bicyclic) bond motifs is 1. The minimum Gasteiger partial charge on any atom is -0.388 e. The maximum absolute atomic E-state index is 12.9. The van der Waals surface area contributed by atoms with Crippen molar-refractivity contribution in [1.29, 1.82) is 0 Å². The van der Waals surface area contributed by atoms with E-state index in [9.17, 15) is 14.7 Å². The second-order valence-corrected chi connectivity index (χ2v) is 8.59. The highest BCUT2D eigenvalue weighted by Gasteiger charge is 2.35. The Morgan fingerprint density at radius 1 is 1.16 bits per heavy atom. The lowest BCUT2D eigenvalue weighted by atomic mass is 9.91. The summed E-state index contributed by atoms with van der Waals surface area (Å²) in [5.74, 6) is -0.0553. The Morgan fingerprint density at radius 3 is 2.65 bits per heavy atom. The molecule has 1 aliphatic heterocycles. The average Bonchev–Trinajstić information content (AvgIpc) is 3.48. The zero-order valence-electron chi connectivity index (χ0n) is 16.7. The van der Waals surface area contributed by atoms with Gasteiger partial charge in [0.1, 0.15) is 11.8 Å². The van der Waals surface area contributed by atoms with Gasteiger partial charge in [0.15, 0.2) is 0 Å². The number of hydrogen-bond donors (Lipinski definition) is 1. The first kappa shape index (κ1) is 19.7. The molecular weight excluding hydrogens is 414 g/mol. The lowest BCUT2D eigenvalue weighted by Crippen LogP contribution is -2.49. The van der Waals surface area contributed by atoms with Crippen LogP contribution in [0.15, 0.2) is 64.6 Å². The first-order chi connectivity index (χ1) is 15.0. The summed E-state index contributed by atoms with van der Waals surface area (Å²) in [6, 6.07) is 10.9. The molecule has 3 aromatic heterocycles. The summed E-state index contributed by atoms with van der Waals surface area (Å²) >= 11 is 1.53. The molecule has 0 spiro atoms. The standard InChI is InChI=1S/C22H21N5O3S/c28-20(17-5-3-16(4-6-17)18-12-31-15-23-18)25-10-7-22(30,8-11-25)13-26-14-24-27-9-1-2-19(27)21(26)29/h1-6,9,12,14-15,30H,7-8,10-11,13H2. The summed E-state index contributed by atoms with van der Waals surface area (Å²) in [6.07, 6.45) is 3.96. The number of aliphatic hydroxyl groups is 1. The zero-order valence-corrected chi connectivity index (χ0v) is 17.5. The van der Waals surface area contributed by atoms with E-state index in [0.717, 1.165) is 11.3 Å². The first-order valence-corrected chi connectivity index (χ1v) is 11.0. The zero-order chi connectivity index (χ0) is 21.4. The number of thiazole rings is 1. The van der Waals surface area contributed by atoms with E-state index in [1.165, 1.54) is 26.7 Å². The van der Waals surface area contributed by atoms with Gasteiger partial charge in [0.25, 0.3) is 11.5 Å². The summed E-state index contributed by atoms with van der Waals surface area (Å²) in [4.78, 5) is 31.5. The van der Waals surface area contributed by atoms with E-state index in [0.29, 0.717) is 37.0 Å². The molecular formula is C22H21N5O3S. The molecule has 9 heteroatoms. The van der Waals surface area contributed by atoms with E-state index < -0.39 is 5.60 Å². The van der Waals surface area contributed by atoms with E-state index in [2.05, 4.69) is 10.1 Å². The Hall–Kier alpha value is -3.30. The average molecular weight is 436 g/mol. The predicted octanol–water partition coefficient (Wildman–Crippen LogP) is 2.29. The Balaban J connectivity index is 1.25. The molecule has 5 rings (SSSR count). The number of carbonyl (C=O) groups is 1. The van der Waals surface area contributed by atoms with E-state index in [4.69, 9.17) is 0 Å². The molecule has 0 unspecified atom stereocenters. The molecule has 0 atom stereocenters. The van der Waals surface area contributed by atoms with Crippen LogP contribution in [0.1, 0.15) is 23.2 Å². The minimum atomic E-state index is -1.05. The molecule has 1 N–H and O–H groups in total. The summed E-state index contributed by atoms with van der Waals surface area (Å²) in [6.45, 7) is 1.02. The molecule has 1 aromatic carbocycles. The van der Waals surface area contributed by atoms with Gasteiger partial charge in [0.2, 0.25) is 0 Å². The van der Waals surface area contributed by atoms with Crippen LogP contribution < -0.4 is 5.56 Å². The fourth-order valence-corrected chi connectivity index (χ4v) is 4.56. The van der Waals surface area contributed by atoms with Gasteiger partial charge in [-0.25, -0.2) is 9.50 Å². The van der Waals surface area contributed by atoms with Crippen LogP contribution in [0.5, 0.6) is 0 Å². The number of rotatable bonds is 4. The van der Waals surface area contributed by atoms with E-state index in [1.807, 2.05) is 29.6 Å². The molecule has 0 bridgehead atoms. The lowest BCUT2D eigenvalue weighted by molar-refractivity contribution is -0.0300. The van der Waals surface area contributed by atoms with Gasteiger partial charge in [0, 0.05) is 35.8 Å². The summed E-state index contributed by atoms with van der Waals surface area (Å²) < 4.78 is 2.97. The van der Waals surface area contributed by atoms with Crippen LogP contribution in [0, 0.1) is 0 Å². The topological polar surface area (TPSA) is 92.7 Å². The Kier molecular flexibility index (Phi) is 4.91. The Bertz CT molecular complexity index is 1270. The van der Waals surface area contributed by atoms with Crippen LogP contribution in [0.4, 0.5) is 0 Å². The third-order valence-electron chi connectivity index (χ3n) is 5.83. The molecule has 1 amide bonds. The SMILES string of the molecule is O=C(c1ccc(-c2cscn2)cc1)N1CCC(O)(Cn2cnn3cccc3c2=O)CC1. The van der Waals surface area contributed by atoms with Crippen molar-refractivity contribution in [3.05, 3.63) is 75.7 Å². The third-order valence-corrected chi connectivity index (χ3v) is 6.42. The van der Waals surface area contributed by atoms with Crippen molar-refractivity contribution in [2.75, 3.05) is 13.1 Å². The van der Waals surface area contributed by atoms with Crippen LogP contribution in [-0.4, -0.2) is 53.8 Å². The Morgan fingerprint density at radius 2 is 1.94 bits per heavy atom. The van der Waals surface area contributed by atoms with Crippen LogP contribution in [0.3, 0.4) is 0 Å². The van der Waals surface area contributed by atoms with Gasteiger partial charge in [-0.15, -0.1) is 11.3 Å². The Labute approximate surface area is 182 Å². The minimum absolute atomic E-state index is 0.0553. The molecule has 4 heterocycles. The number of amides is 1. The van der Waals surface area contributed by atoms with Gasteiger partial charge >= 0.3 is 0 Å². The highest BCUT2D eigenvalue weighted by atomic mass is 32.1. The van der Waals surface area contributed by atoms with Crippen LogP contribution in [-0.2, 0) is 6.54 Å². The maximum Gasteiger partial charge on any atom is 0.277 e. The quantitative estimate of drug-likeness (QED) is 0.531.